The molecule has 0 unspecified atom stereocenters. The molecule has 0 aliphatic carbocycles. The maximum atomic E-state index is 13.1. The topological polar surface area (TPSA) is 85.4 Å². The highest BCUT2D eigenvalue weighted by atomic mass is 19.1. The van der Waals surface area contributed by atoms with Crippen LogP contribution in [0.3, 0.4) is 0 Å². The highest BCUT2D eigenvalue weighted by Gasteiger charge is 2.14. The molecule has 120 valence electrons. The molecule has 3 rings (SSSR count). The molecule has 7 heteroatoms. The first-order valence-corrected chi connectivity index (χ1v) is 6.94. The third-order valence-electron chi connectivity index (χ3n) is 3.25. The minimum atomic E-state index is -0.544. The Bertz CT molecular complexity index is 920. The Morgan fingerprint density at radius 1 is 1.08 bits per heavy atom. The van der Waals surface area contributed by atoms with Crippen molar-refractivity contribution in [3.8, 4) is 11.3 Å². The molecule has 1 heterocycles. The van der Waals surface area contributed by atoms with Crippen LogP contribution in [-0.4, -0.2) is 10.8 Å². The van der Waals surface area contributed by atoms with Crippen molar-refractivity contribution in [2.45, 2.75) is 0 Å². The quantitative estimate of drug-likeness (QED) is 0.574. The number of furan rings is 1. The van der Waals surface area contributed by atoms with E-state index in [9.17, 15) is 19.3 Å². The molecular weight excluding hydrogens is 315 g/mol. The van der Waals surface area contributed by atoms with Crippen LogP contribution in [0, 0.1) is 15.9 Å². The lowest BCUT2D eigenvalue weighted by atomic mass is 10.1. The van der Waals surface area contributed by atoms with Crippen molar-refractivity contribution in [2.24, 2.45) is 0 Å². The van der Waals surface area contributed by atoms with Crippen LogP contribution in [0.15, 0.2) is 65.1 Å². The molecule has 1 amide bonds. The summed E-state index contributed by atoms with van der Waals surface area (Å²) < 4.78 is 18.6. The van der Waals surface area contributed by atoms with Crippen molar-refractivity contribution in [3.63, 3.8) is 0 Å². The fourth-order valence-electron chi connectivity index (χ4n) is 2.15. The number of halogens is 1. The van der Waals surface area contributed by atoms with Crippen LogP contribution >= 0.6 is 0 Å². The molecule has 0 bridgehead atoms. The van der Waals surface area contributed by atoms with Crippen molar-refractivity contribution in [1.29, 1.82) is 0 Å². The van der Waals surface area contributed by atoms with E-state index in [-0.39, 0.29) is 11.4 Å². The number of hydrogen-bond donors (Lipinski definition) is 1. The summed E-state index contributed by atoms with van der Waals surface area (Å²) >= 11 is 0. The lowest BCUT2D eigenvalue weighted by Crippen LogP contribution is -2.10. The van der Waals surface area contributed by atoms with Crippen molar-refractivity contribution >= 4 is 17.3 Å². The first-order valence-electron chi connectivity index (χ1n) is 6.94. The van der Waals surface area contributed by atoms with Gasteiger partial charge in [-0.1, -0.05) is 18.2 Å². The molecule has 2 aromatic carbocycles. The molecular formula is C17H11FN2O4. The van der Waals surface area contributed by atoms with Gasteiger partial charge < -0.3 is 9.73 Å². The zero-order valence-electron chi connectivity index (χ0n) is 12.2. The van der Waals surface area contributed by atoms with Gasteiger partial charge in [-0.15, -0.1) is 0 Å². The van der Waals surface area contributed by atoms with Gasteiger partial charge in [0.15, 0.2) is 5.76 Å². The Balaban J connectivity index is 1.81. The second kappa shape index (κ2) is 6.33. The Hall–Kier alpha value is -3.48. The van der Waals surface area contributed by atoms with E-state index < -0.39 is 16.6 Å². The summed E-state index contributed by atoms with van der Waals surface area (Å²) in [5, 5.41) is 13.3. The summed E-state index contributed by atoms with van der Waals surface area (Å²) in [5.41, 5.74) is 0.706. The Morgan fingerprint density at radius 3 is 2.62 bits per heavy atom. The fraction of sp³-hybridized carbons (Fsp3) is 0. The van der Waals surface area contributed by atoms with E-state index in [2.05, 4.69) is 5.32 Å². The van der Waals surface area contributed by atoms with Crippen LogP contribution in [-0.2, 0) is 0 Å². The number of rotatable bonds is 4. The molecule has 3 aromatic rings. The van der Waals surface area contributed by atoms with Crippen molar-refractivity contribution < 1.29 is 18.5 Å². The van der Waals surface area contributed by atoms with Gasteiger partial charge in [0.2, 0.25) is 0 Å². The number of non-ortho nitro benzene ring substituents is 1. The van der Waals surface area contributed by atoms with Crippen LogP contribution in [0.25, 0.3) is 11.3 Å². The predicted molar refractivity (Wildman–Crippen MR) is 85.2 cm³/mol. The number of amides is 1. The standard InChI is InChI=1S/C17H11FN2O4/c18-12-4-2-5-13(10-12)19-17(21)16-8-7-15(24-16)11-3-1-6-14(9-11)20(22)23/h1-10H,(H,19,21). The monoisotopic (exact) mass is 326 g/mol. The minimum Gasteiger partial charge on any atom is -0.451 e. The first-order chi connectivity index (χ1) is 11.5. The zero-order chi connectivity index (χ0) is 17.1. The normalized spacial score (nSPS) is 10.4. The van der Waals surface area contributed by atoms with Gasteiger partial charge in [0, 0.05) is 23.4 Å². The summed E-state index contributed by atoms with van der Waals surface area (Å²) in [6, 6.07) is 14.3. The van der Waals surface area contributed by atoms with Gasteiger partial charge in [0.1, 0.15) is 11.6 Å². The molecule has 0 atom stereocenters. The number of benzene rings is 2. The smallest absolute Gasteiger partial charge is 0.291 e. The molecule has 1 N–H and O–H groups in total. The summed E-state index contributed by atoms with van der Waals surface area (Å²) in [6.45, 7) is 0. The molecule has 0 fully saturated rings. The maximum absolute atomic E-state index is 13.1. The summed E-state index contributed by atoms with van der Waals surface area (Å²) in [7, 11) is 0. The van der Waals surface area contributed by atoms with Gasteiger partial charge in [-0.2, -0.15) is 0 Å². The lowest BCUT2D eigenvalue weighted by Gasteiger charge is -2.03. The number of nitrogens with one attached hydrogen (secondary N) is 1. The van der Waals surface area contributed by atoms with E-state index >= 15 is 0 Å². The highest BCUT2D eigenvalue weighted by molar-refractivity contribution is 6.02. The number of anilines is 1. The summed E-state index contributed by atoms with van der Waals surface area (Å²) in [6.07, 6.45) is 0. The third-order valence-corrected chi connectivity index (χ3v) is 3.25. The number of nitro benzene ring substituents is 1. The highest BCUT2D eigenvalue weighted by Crippen LogP contribution is 2.26. The van der Waals surface area contributed by atoms with Crippen LogP contribution in [0.5, 0.6) is 0 Å². The Morgan fingerprint density at radius 2 is 1.88 bits per heavy atom. The lowest BCUT2D eigenvalue weighted by molar-refractivity contribution is -0.384. The second-order valence-electron chi connectivity index (χ2n) is 4.94. The molecule has 0 saturated heterocycles. The Labute approximate surface area is 135 Å². The number of nitrogens with zero attached hydrogens (tertiary/aromatic N) is 1. The molecule has 0 radical (unpaired) electrons. The number of carbonyl (C=O) groups excluding carboxylic acids is 1. The Kier molecular flexibility index (Phi) is 4.07. The third kappa shape index (κ3) is 3.30. The van der Waals surface area contributed by atoms with Crippen LogP contribution in [0.2, 0.25) is 0 Å². The van der Waals surface area contributed by atoms with Gasteiger partial charge in [0.05, 0.1) is 4.92 Å². The summed E-state index contributed by atoms with van der Waals surface area (Å²) in [4.78, 5) is 22.4. The van der Waals surface area contributed by atoms with Gasteiger partial charge in [-0.05, 0) is 30.3 Å². The van der Waals surface area contributed by atoms with E-state index in [1.807, 2.05) is 0 Å². The van der Waals surface area contributed by atoms with Crippen LogP contribution in [0.4, 0.5) is 15.8 Å². The summed E-state index contributed by atoms with van der Waals surface area (Å²) in [5.74, 6) is -0.675. The average Bonchev–Trinajstić information content (AvgIpc) is 3.05. The van der Waals surface area contributed by atoms with Crippen molar-refractivity contribution in [3.05, 3.63) is 82.4 Å². The molecule has 0 spiro atoms. The molecule has 1 aromatic heterocycles. The molecule has 6 nitrogen and oxygen atoms in total. The minimum absolute atomic E-state index is 0.0146. The van der Waals surface area contributed by atoms with Gasteiger partial charge in [-0.25, -0.2) is 4.39 Å². The number of nitro groups is 1. The van der Waals surface area contributed by atoms with Gasteiger partial charge in [-0.3, -0.25) is 14.9 Å². The van der Waals surface area contributed by atoms with E-state index in [1.54, 1.807) is 18.2 Å². The SMILES string of the molecule is O=C(Nc1cccc(F)c1)c1ccc(-c2cccc([N+](=O)[O-])c2)o1. The van der Waals surface area contributed by atoms with E-state index in [0.717, 1.165) is 0 Å². The number of carbonyl (C=O) groups is 1. The molecule has 0 aliphatic heterocycles. The van der Waals surface area contributed by atoms with Crippen molar-refractivity contribution in [1.82, 2.24) is 0 Å². The predicted octanol–water partition coefficient (Wildman–Crippen LogP) is 4.25. The van der Waals surface area contributed by atoms with E-state index in [4.69, 9.17) is 4.42 Å². The zero-order valence-corrected chi connectivity index (χ0v) is 12.2. The average molecular weight is 326 g/mol. The van der Waals surface area contributed by atoms with Gasteiger partial charge in [0.25, 0.3) is 11.6 Å². The first kappa shape index (κ1) is 15.4. The second-order valence-corrected chi connectivity index (χ2v) is 4.94. The van der Waals surface area contributed by atoms with E-state index in [1.165, 1.54) is 42.5 Å². The maximum Gasteiger partial charge on any atom is 0.291 e. The molecule has 0 aliphatic rings. The molecule has 0 saturated carbocycles. The largest absolute Gasteiger partial charge is 0.451 e. The van der Waals surface area contributed by atoms with E-state index in [0.29, 0.717) is 17.0 Å². The van der Waals surface area contributed by atoms with Crippen molar-refractivity contribution in [2.75, 3.05) is 5.32 Å². The van der Waals surface area contributed by atoms with Gasteiger partial charge >= 0.3 is 0 Å². The fourth-order valence-corrected chi connectivity index (χ4v) is 2.15. The van der Waals surface area contributed by atoms with Crippen LogP contribution < -0.4 is 5.32 Å². The molecule has 24 heavy (non-hydrogen) atoms. The van der Waals surface area contributed by atoms with Crippen LogP contribution in [0.1, 0.15) is 10.6 Å². The number of hydrogen-bond acceptors (Lipinski definition) is 4.